The summed E-state index contributed by atoms with van der Waals surface area (Å²) < 4.78 is 0. The Morgan fingerprint density at radius 2 is 1.69 bits per heavy atom. The lowest BCUT2D eigenvalue weighted by Crippen LogP contribution is -2.37. The van der Waals surface area contributed by atoms with E-state index in [0.29, 0.717) is 12.5 Å². The van der Waals surface area contributed by atoms with E-state index in [1.54, 1.807) is 6.20 Å². The molecule has 2 aliphatic heterocycles. The van der Waals surface area contributed by atoms with Gasteiger partial charge in [0.1, 0.15) is 0 Å². The fourth-order valence-corrected chi connectivity index (χ4v) is 5.22. The van der Waals surface area contributed by atoms with E-state index < -0.39 is 0 Å². The van der Waals surface area contributed by atoms with Crippen molar-refractivity contribution in [2.24, 2.45) is 5.92 Å². The quantitative estimate of drug-likeness (QED) is 0.590. The normalized spacial score (nSPS) is 18.4. The van der Waals surface area contributed by atoms with Gasteiger partial charge in [-0.3, -0.25) is 19.5 Å². The van der Waals surface area contributed by atoms with Gasteiger partial charge in [0.25, 0.3) is 5.91 Å². The number of rotatable bonds is 5. The molecule has 2 saturated heterocycles. The second-order valence-electron chi connectivity index (χ2n) is 9.50. The van der Waals surface area contributed by atoms with Gasteiger partial charge in [-0.05, 0) is 80.6 Å². The maximum atomic E-state index is 13.5. The summed E-state index contributed by atoms with van der Waals surface area (Å²) >= 11 is 0. The molecule has 1 N–H and O–H groups in total. The van der Waals surface area contributed by atoms with Crippen LogP contribution in [0.4, 0.5) is 11.4 Å². The first kappa shape index (κ1) is 23.2. The first-order valence-electron chi connectivity index (χ1n) is 12.5. The number of carbonyl (C=O) groups excluding carboxylic acids is 2. The minimum atomic E-state index is -0.0271. The van der Waals surface area contributed by atoms with Crippen LogP contribution in [0, 0.1) is 12.8 Å². The largest absolute Gasteiger partial charge is 0.339 e. The van der Waals surface area contributed by atoms with Gasteiger partial charge in [0.2, 0.25) is 5.91 Å². The predicted octanol–water partition coefficient (Wildman–Crippen LogP) is 4.68. The highest BCUT2D eigenvalue weighted by molar-refractivity contribution is 6.02. The number of amides is 2. The Morgan fingerprint density at radius 1 is 0.943 bits per heavy atom. The number of nitrogens with one attached hydrogen (secondary N) is 1. The Morgan fingerprint density at radius 3 is 2.34 bits per heavy atom. The number of pyridine rings is 1. The third-order valence-corrected chi connectivity index (χ3v) is 7.28. The Labute approximate surface area is 207 Å². The molecule has 0 aliphatic carbocycles. The summed E-state index contributed by atoms with van der Waals surface area (Å²) in [7, 11) is 0. The molecule has 2 amide bonds. The Balaban J connectivity index is 1.31. The van der Waals surface area contributed by atoms with Gasteiger partial charge in [0, 0.05) is 37.1 Å². The predicted molar refractivity (Wildman–Crippen MR) is 138 cm³/mol. The molecule has 3 aromatic rings. The van der Waals surface area contributed by atoms with Crippen molar-refractivity contribution in [2.75, 3.05) is 31.1 Å². The van der Waals surface area contributed by atoms with Gasteiger partial charge in [-0.25, -0.2) is 0 Å². The number of piperidine rings is 1. The van der Waals surface area contributed by atoms with E-state index in [4.69, 9.17) is 0 Å². The van der Waals surface area contributed by atoms with E-state index in [0.717, 1.165) is 61.5 Å². The van der Waals surface area contributed by atoms with Crippen LogP contribution in [0.1, 0.15) is 46.8 Å². The molecular formula is C29H32N4O2. The fraction of sp³-hybridized carbons (Fsp3) is 0.345. The van der Waals surface area contributed by atoms with E-state index in [9.17, 15) is 9.59 Å². The second-order valence-corrected chi connectivity index (χ2v) is 9.50. The highest BCUT2D eigenvalue weighted by atomic mass is 16.2. The third-order valence-electron chi connectivity index (χ3n) is 7.28. The minimum absolute atomic E-state index is 0.0271. The molecule has 0 bridgehead atoms. The first-order chi connectivity index (χ1) is 17.1. The molecule has 2 fully saturated rings. The number of hydrogen-bond donors (Lipinski definition) is 1. The third kappa shape index (κ3) is 4.98. The van der Waals surface area contributed by atoms with Crippen molar-refractivity contribution < 1.29 is 9.59 Å². The maximum absolute atomic E-state index is 13.5. The van der Waals surface area contributed by atoms with E-state index in [2.05, 4.69) is 34.6 Å². The molecule has 2 aromatic carbocycles. The lowest BCUT2D eigenvalue weighted by Gasteiger charge is -2.32. The Hall–Kier alpha value is -3.51. The average Bonchev–Trinajstić information content (AvgIpc) is 3.46. The van der Waals surface area contributed by atoms with Crippen molar-refractivity contribution in [3.63, 3.8) is 0 Å². The lowest BCUT2D eigenvalue weighted by molar-refractivity contribution is -0.121. The molecule has 180 valence electrons. The van der Waals surface area contributed by atoms with Gasteiger partial charge in [0.15, 0.2) is 0 Å². The smallest absolute Gasteiger partial charge is 0.253 e. The molecule has 2 aliphatic rings. The Kier molecular flexibility index (Phi) is 6.91. The van der Waals surface area contributed by atoms with Crippen LogP contribution in [0.2, 0.25) is 0 Å². The molecule has 0 saturated carbocycles. The van der Waals surface area contributed by atoms with Crippen LogP contribution in [0.25, 0.3) is 0 Å². The van der Waals surface area contributed by atoms with Gasteiger partial charge < -0.3 is 10.2 Å². The Bertz CT molecular complexity index is 1160. The van der Waals surface area contributed by atoms with E-state index >= 15 is 0 Å². The number of anilines is 2. The number of likely N-dealkylation sites (tertiary alicyclic amines) is 1. The summed E-state index contributed by atoms with van der Waals surface area (Å²) in [6.45, 7) is 5.05. The van der Waals surface area contributed by atoms with Crippen LogP contribution in [-0.4, -0.2) is 47.9 Å². The fourth-order valence-electron chi connectivity index (χ4n) is 5.22. The van der Waals surface area contributed by atoms with Crippen LogP contribution in [-0.2, 0) is 4.79 Å². The molecule has 35 heavy (non-hydrogen) atoms. The average molecular weight is 469 g/mol. The number of aromatic nitrogens is 1. The number of carbonyl (C=O) groups is 2. The highest BCUT2D eigenvalue weighted by Crippen LogP contribution is 2.34. The molecule has 6 heteroatoms. The zero-order valence-corrected chi connectivity index (χ0v) is 20.2. The molecule has 0 spiro atoms. The van der Waals surface area contributed by atoms with Crippen molar-refractivity contribution >= 4 is 23.2 Å². The van der Waals surface area contributed by atoms with E-state index in [1.165, 1.54) is 5.56 Å². The van der Waals surface area contributed by atoms with Crippen LogP contribution >= 0.6 is 0 Å². The lowest BCUT2D eigenvalue weighted by atomic mass is 9.89. The first-order valence-corrected chi connectivity index (χ1v) is 12.5. The van der Waals surface area contributed by atoms with Crippen molar-refractivity contribution in [1.29, 1.82) is 0 Å². The number of aryl methyl sites for hydroxylation is 1. The summed E-state index contributed by atoms with van der Waals surface area (Å²) in [5, 5.41) is 3.31. The zero-order valence-electron chi connectivity index (χ0n) is 20.2. The van der Waals surface area contributed by atoms with Gasteiger partial charge in [-0.2, -0.15) is 0 Å². The van der Waals surface area contributed by atoms with Crippen LogP contribution in [0.5, 0.6) is 0 Å². The van der Waals surface area contributed by atoms with Gasteiger partial charge in [-0.15, -0.1) is 0 Å². The summed E-state index contributed by atoms with van der Waals surface area (Å²) in [6.07, 6.45) is 4.50. The van der Waals surface area contributed by atoms with Crippen molar-refractivity contribution in [2.45, 2.75) is 32.1 Å². The molecule has 3 heterocycles. The van der Waals surface area contributed by atoms with Crippen LogP contribution in [0.15, 0.2) is 72.9 Å². The highest BCUT2D eigenvalue weighted by Gasteiger charge is 2.30. The van der Waals surface area contributed by atoms with E-state index in [-0.39, 0.29) is 17.7 Å². The summed E-state index contributed by atoms with van der Waals surface area (Å²) in [5.41, 5.74) is 4.57. The maximum Gasteiger partial charge on any atom is 0.253 e. The van der Waals surface area contributed by atoms with Gasteiger partial charge >= 0.3 is 0 Å². The SMILES string of the molecule is Cc1ncccc1N(C(=O)[C@H]1CCNC1)c1ccc(C2CCN(C(=O)c3ccccc3)CC2)cc1. The summed E-state index contributed by atoms with van der Waals surface area (Å²) in [4.78, 5) is 34.5. The van der Waals surface area contributed by atoms with Crippen molar-refractivity contribution in [3.8, 4) is 0 Å². The molecule has 0 radical (unpaired) electrons. The van der Waals surface area contributed by atoms with Gasteiger partial charge in [-0.1, -0.05) is 30.3 Å². The van der Waals surface area contributed by atoms with Crippen molar-refractivity contribution in [1.82, 2.24) is 15.2 Å². The molecule has 1 atom stereocenters. The minimum Gasteiger partial charge on any atom is -0.339 e. The number of nitrogens with zero attached hydrogens (tertiary/aromatic N) is 3. The zero-order chi connectivity index (χ0) is 24.2. The second kappa shape index (κ2) is 10.4. The standard InChI is InChI=1S/C29H32N4O2/c1-21-27(8-5-16-31-21)33(29(35)25-13-17-30-20-25)26-11-9-22(10-12-26)23-14-18-32(19-15-23)28(34)24-6-3-2-4-7-24/h2-12,16,23,25,30H,13-15,17-20H2,1H3/t25-/m0/s1. The van der Waals surface area contributed by atoms with Crippen LogP contribution < -0.4 is 10.2 Å². The monoisotopic (exact) mass is 468 g/mol. The number of benzene rings is 2. The van der Waals surface area contributed by atoms with Gasteiger partial charge in [0.05, 0.1) is 17.3 Å². The molecule has 6 nitrogen and oxygen atoms in total. The van der Waals surface area contributed by atoms with E-state index in [1.807, 2.05) is 59.2 Å². The summed E-state index contributed by atoms with van der Waals surface area (Å²) in [6, 6.07) is 21.8. The van der Waals surface area contributed by atoms with Crippen molar-refractivity contribution in [3.05, 3.63) is 89.7 Å². The summed E-state index contributed by atoms with van der Waals surface area (Å²) in [5.74, 6) is 0.612. The molecule has 1 aromatic heterocycles. The topological polar surface area (TPSA) is 65.5 Å². The number of hydrogen-bond acceptors (Lipinski definition) is 4. The van der Waals surface area contributed by atoms with Crippen LogP contribution in [0.3, 0.4) is 0 Å². The molecule has 5 rings (SSSR count). The molecular weight excluding hydrogens is 436 g/mol. The molecule has 0 unspecified atom stereocenters.